The van der Waals surface area contributed by atoms with Gasteiger partial charge in [0.25, 0.3) is 0 Å². The van der Waals surface area contributed by atoms with Crippen molar-refractivity contribution in [3.8, 4) is 0 Å². The van der Waals surface area contributed by atoms with E-state index in [1.165, 1.54) is 0 Å². The van der Waals surface area contributed by atoms with Crippen LogP contribution >= 0.6 is 0 Å². The summed E-state index contributed by atoms with van der Waals surface area (Å²) in [7, 11) is 0. The first-order valence-electron chi connectivity index (χ1n) is 3.64. The fourth-order valence-corrected chi connectivity index (χ4v) is 1.12. The second-order valence-electron chi connectivity index (χ2n) is 2.81. The molecule has 1 unspecified atom stereocenters. The molecule has 0 amide bonds. The highest BCUT2D eigenvalue weighted by Crippen LogP contribution is 2.17. The average Bonchev–Trinajstić information content (AvgIpc) is 2.08. The van der Waals surface area contributed by atoms with E-state index in [0.717, 1.165) is 0 Å². The van der Waals surface area contributed by atoms with Crippen molar-refractivity contribution in [3.63, 3.8) is 0 Å². The molecule has 0 radical (unpaired) electrons. The summed E-state index contributed by atoms with van der Waals surface area (Å²) in [5.41, 5.74) is 5.26. The normalized spacial score (nSPS) is 49.2. The molecule has 1 rings (SSSR count). The van der Waals surface area contributed by atoms with Crippen LogP contribution < -0.4 is 5.73 Å². The Morgan fingerprint density at radius 1 is 1.17 bits per heavy atom. The van der Waals surface area contributed by atoms with E-state index in [1.54, 1.807) is 0 Å². The van der Waals surface area contributed by atoms with Crippen molar-refractivity contribution in [2.45, 2.75) is 30.6 Å². The Morgan fingerprint density at radius 3 is 2.25 bits per heavy atom. The van der Waals surface area contributed by atoms with Crippen LogP contribution in [0.5, 0.6) is 0 Å². The van der Waals surface area contributed by atoms with Gasteiger partial charge in [-0.25, -0.2) is 0 Å². The third-order valence-corrected chi connectivity index (χ3v) is 1.95. The molecule has 1 aliphatic heterocycles. The van der Waals surface area contributed by atoms with Gasteiger partial charge in [-0.15, -0.1) is 0 Å². The summed E-state index contributed by atoms with van der Waals surface area (Å²) in [4.78, 5) is 0. The van der Waals surface area contributed by atoms with Gasteiger partial charge in [-0.3, -0.25) is 0 Å². The van der Waals surface area contributed by atoms with Crippen LogP contribution in [0.25, 0.3) is 0 Å². The third-order valence-electron chi connectivity index (χ3n) is 1.95. The van der Waals surface area contributed by atoms with Crippen LogP contribution in [0.2, 0.25) is 0 Å². The second-order valence-corrected chi connectivity index (χ2v) is 2.81. The van der Waals surface area contributed by atoms with Crippen molar-refractivity contribution < 1.29 is 25.2 Å². The van der Waals surface area contributed by atoms with Crippen LogP contribution in [-0.2, 0) is 4.74 Å². The zero-order chi connectivity index (χ0) is 9.30. The van der Waals surface area contributed by atoms with E-state index in [0.29, 0.717) is 0 Å². The van der Waals surface area contributed by atoms with Crippen molar-refractivity contribution >= 4 is 0 Å². The van der Waals surface area contributed by atoms with Gasteiger partial charge in [-0.2, -0.15) is 0 Å². The molecule has 0 spiro atoms. The van der Waals surface area contributed by atoms with Crippen molar-refractivity contribution in [2.24, 2.45) is 5.73 Å². The van der Waals surface area contributed by atoms with Gasteiger partial charge in [0.15, 0.2) is 6.29 Å². The van der Waals surface area contributed by atoms with E-state index in [2.05, 4.69) is 0 Å². The molecule has 0 saturated carbocycles. The van der Waals surface area contributed by atoms with Crippen molar-refractivity contribution in [1.29, 1.82) is 0 Å². The quantitative estimate of drug-likeness (QED) is 0.288. The largest absolute Gasteiger partial charge is 0.394 e. The maximum Gasteiger partial charge on any atom is 0.173 e. The molecule has 1 saturated heterocycles. The highest BCUT2D eigenvalue weighted by molar-refractivity contribution is 4.90. The Morgan fingerprint density at radius 2 is 1.75 bits per heavy atom. The number of rotatable bonds is 1. The van der Waals surface area contributed by atoms with Crippen LogP contribution in [0.1, 0.15) is 0 Å². The fourth-order valence-electron chi connectivity index (χ4n) is 1.12. The van der Waals surface area contributed by atoms with Gasteiger partial charge in [0.05, 0.1) is 12.6 Å². The van der Waals surface area contributed by atoms with Crippen LogP contribution in [-0.4, -0.2) is 57.7 Å². The zero-order valence-electron chi connectivity index (χ0n) is 6.37. The minimum Gasteiger partial charge on any atom is -0.394 e. The first kappa shape index (κ1) is 9.85. The molecule has 1 aliphatic rings. The molecule has 0 bridgehead atoms. The summed E-state index contributed by atoms with van der Waals surface area (Å²) in [6.45, 7) is -0.470. The third kappa shape index (κ3) is 1.58. The standard InChI is InChI=1S/C6H13NO5/c7-3-5(10)4(9)2(1-8)12-6(3)11/h2-6,8-11H,1,7H2/t2-,3-,4-,5-,6?/m0/s1. The molecule has 0 aromatic heterocycles. The molecule has 72 valence electrons. The Hall–Kier alpha value is -0.240. The van der Waals surface area contributed by atoms with Gasteiger partial charge in [-0.1, -0.05) is 0 Å². The molecule has 12 heavy (non-hydrogen) atoms. The van der Waals surface area contributed by atoms with Gasteiger partial charge >= 0.3 is 0 Å². The first-order valence-corrected chi connectivity index (χ1v) is 3.64. The summed E-state index contributed by atoms with van der Waals surface area (Å²) < 4.78 is 4.70. The summed E-state index contributed by atoms with van der Waals surface area (Å²) in [5, 5.41) is 36.1. The molecule has 0 aromatic carbocycles. The minimum absolute atomic E-state index is 0.470. The Bertz CT molecular complexity index is 150. The molecule has 5 atom stereocenters. The SMILES string of the molecule is N[C@@H]1C(O)O[C@@H](CO)[C@H](O)[C@H]1O. The summed E-state index contributed by atoms with van der Waals surface area (Å²) in [6, 6.07) is -1.04. The van der Waals surface area contributed by atoms with Crippen molar-refractivity contribution in [2.75, 3.05) is 6.61 Å². The van der Waals surface area contributed by atoms with Crippen LogP contribution in [0.3, 0.4) is 0 Å². The summed E-state index contributed by atoms with van der Waals surface area (Å²) in [5.74, 6) is 0. The molecule has 6 N–H and O–H groups in total. The van der Waals surface area contributed by atoms with Crippen LogP contribution in [0.15, 0.2) is 0 Å². The molecule has 1 fully saturated rings. The lowest BCUT2D eigenvalue weighted by Gasteiger charge is -2.38. The summed E-state index contributed by atoms with van der Waals surface area (Å²) in [6.07, 6.45) is -4.85. The van der Waals surface area contributed by atoms with Crippen LogP contribution in [0, 0.1) is 0 Å². The lowest BCUT2D eigenvalue weighted by Crippen LogP contribution is -2.61. The topological polar surface area (TPSA) is 116 Å². The van der Waals surface area contributed by atoms with E-state index < -0.39 is 37.3 Å². The van der Waals surface area contributed by atoms with E-state index >= 15 is 0 Å². The second kappa shape index (κ2) is 3.65. The lowest BCUT2D eigenvalue weighted by atomic mass is 9.98. The lowest BCUT2D eigenvalue weighted by molar-refractivity contribution is -0.248. The van der Waals surface area contributed by atoms with Gasteiger partial charge in [0.1, 0.15) is 18.3 Å². The Balaban J connectivity index is 2.63. The van der Waals surface area contributed by atoms with E-state index in [4.69, 9.17) is 20.7 Å². The minimum atomic E-state index is -1.35. The predicted octanol–water partition coefficient (Wildman–Crippen LogP) is -3.25. The Kier molecular flexibility index (Phi) is 2.99. The maximum atomic E-state index is 9.20. The number of nitrogens with two attached hydrogens (primary N) is 1. The maximum absolute atomic E-state index is 9.20. The average molecular weight is 179 g/mol. The van der Waals surface area contributed by atoms with E-state index in [9.17, 15) is 10.2 Å². The molecule has 0 aliphatic carbocycles. The number of hydrogen-bond acceptors (Lipinski definition) is 6. The molecule has 6 heteroatoms. The van der Waals surface area contributed by atoms with Gasteiger partial charge < -0.3 is 30.9 Å². The monoisotopic (exact) mass is 179 g/mol. The molecule has 1 heterocycles. The zero-order valence-corrected chi connectivity index (χ0v) is 6.37. The number of ether oxygens (including phenoxy) is 1. The molecule has 6 nitrogen and oxygen atoms in total. The smallest absolute Gasteiger partial charge is 0.173 e. The van der Waals surface area contributed by atoms with Gasteiger partial charge in [-0.05, 0) is 0 Å². The molecular weight excluding hydrogens is 166 g/mol. The van der Waals surface area contributed by atoms with E-state index in [1.807, 2.05) is 0 Å². The number of hydrogen-bond donors (Lipinski definition) is 5. The molecule has 0 aromatic rings. The van der Waals surface area contributed by atoms with Crippen LogP contribution in [0.4, 0.5) is 0 Å². The highest BCUT2D eigenvalue weighted by Gasteiger charge is 2.41. The van der Waals surface area contributed by atoms with Gasteiger partial charge in [0.2, 0.25) is 0 Å². The predicted molar refractivity (Wildman–Crippen MR) is 38.0 cm³/mol. The number of aliphatic hydroxyl groups excluding tert-OH is 4. The van der Waals surface area contributed by atoms with Crippen molar-refractivity contribution in [1.82, 2.24) is 0 Å². The Labute approximate surface area is 69.2 Å². The highest BCUT2D eigenvalue weighted by atomic mass is 16.6. The number of aliphatic hydroxyl groups is 4. The van der Waals surface area contributed by atoms with Crippen molar-refractivity contribution in [3.05, 3.63) is 0 Å². The van der Waals surface area contributed by atoms with E-state index in [-0.39, 0.29) is 0 Å². The van der Waals surface area contributed by atoms with Gasteiger partial charge in [0, 0.05) is 0 Å². The molecular formula is C6H13NO5. The fraction of sp³-hybridized carbons (Fsp3) is 1.00. The summed E-state index contributed by atoms with van der Waals surface area (Å²) >= 11 is 0. The first-order chi connectivity index (χ1) is 5.57.